The van der Waals surface area contributed by atoms with Crippen LogP contribution in [0.4, 0.5) is 11.8 Å². The van der Waals surface area contributed by atoms with Crippen molar-refractivity contribution >= 4 is 22.7 Å². The van der Waals surface area contributed by atoms with Crippen molar-refractivity contribution in [1.29, 1.82) is 0 Å². The van der Waals surface area contributed by atoms with Gasteiger partial charge in [0.15, 0.2) is 0 Å². The predicted molar refractivity (Wildman–Crippen MR) is 87.6 cm³/mol. The Morgan fingerprint density at radius 2 is 1.86 bits per heavy atom. The Balaban J connectivity index is 1.92. The van der Waals surface area contributed by atoms with Gasteiger partial charge in [0.05, 0.1) is 5.52 Å². The van der Waals surface area contributed by atoms with Gasteiger partial charge in [0.25, 0.3) is 0 Å². The number of hydrogen-bond acceptors (Lipinski definition) is 4. The second kappa shape index (κ2) is 5.79. The van der Waals surface area contributed by atoms with Crippen molar-refractivity contribution in [2.75, 3.05) is 17.7 Å². The van der Waals surface area contributed by atoms with E-state index in [4.69, 9.17) is 0 Å². The first-order valence-corrected chi connectivity index (χ1v) is 7.00. The molecular weight excluding hydrogens is 260 g/mol. The van der Waals surface area contributed by atoms with Crippen LogP contribution in [0.25, 0.3) is 10.9 Å². The summed E-state index contributed by atoms with van der Waals surface area (Å²) < 4.78 is 0. The average molecular weight is 278 g/mol. The molecule has 0 atom stereocenters. The molecule has 2 aromatic carbocycles. The largest absolute Gasteiger partial charge is 0.365 e. The van der Waals surface area contributed by atoms with Gasteiger partial charge in [0.2, 0.25) is 5.95 Å². The van der Waals surface area contributed by atoms with Crippen LogP contribution in [0.1, 0.15) is 11.1 Å². The van der Waals surface area contributed by atoms with E-state index in [9.17, 15) is 0 Å². The molecule has 3 rings (SSSR count). The molecule has 0 aliphatic heterocycles. The number of anilines is 2. The summed E-state index contributed by atoms with van der Waals surface area (Å²) in [4.78, 5) is 8.98. The quantitative estimate of drug-likeness (QED) is 0.765. The maximum absolute atomic E-state index is 4.52. The van der Waals surface area contributed by atoms with Crippen LogP contribution in [-0.4, -0.2) is 17.0 Å². The molecule has 0 saturated carbocycles. The standard InChI is InChI=1S/C17H18N4/c1-12-6-5-7-13(10-12)11-19-16-14-8-3-4-9-15(14)20-17(18-2)21-16/h3-10H,11H2,1-2H3,(H2,18,19,20,21). The van der Waals surface area contributed by atoms with E-state index in [0.717, 1.165) is 23.3 Å². The minimum Gasteiger partial charge on any atom is -0.365 e. The van der Waals surface area contributed by atoms with Crippen molar-refractivity contribution in [1.82, 2.24) is 9.97 Å². The number of nitrogens with zero attached hydrogens (tertiary/aromatic N) is 2. The van der Waals surface area contributed by atoms with Gasteiger partial charge >= 0.3 is 0 Å². The Kier molecular flexibility index (Phi) is 3.69. The van der Waals surface area contributed by atoms with E-state index in [1.165, 1.54) is 11.1 Å². The van der Waals surface area contributed by atoms with E-state index in [0.29, 0.717) is 5.95 Å². The first-order chi connectivity index (χ1) is 10.3. The SMILES string of the molecule is CNc1nc(NCc2cccc(C)c2)c2ccccc2n1. The van der Waals surface area contributed by atoms with Gasteiger partial charge in [-0.25, -0.2) is 4.98 Å². The van der Waals surface area contributed by atoms with Crippen LogP contribution >= 0.6 is 0 Å². The maximum Gasteiger partial charge on any atom is 0.224 e. The van der Waals surface area contributed by atoms with E-state index in [1.807, 2.05) is 31.3 Å². The lowest BCUT2D eigenvalue weighted by molar-refractivity contribution is 1.10. The number of hydrogen-bond donors (Lipinski definition) is 2. The van der Waals surface area contributed by atoms with E-state index >= 15 is 0 Å². The molecule has 2 N–H and O–H groups in total. The molecule has 106 valence electrons. The molecule has 0 unspecified atom stereocenters. The normalized spacial score (nSPS) is 10.6. The third-order valence-electron chi connectivity index (χ3n) is 3.37. The third kappa shape index (κ3) is 2.94. The van der Waals surface area contributed by atoms with Crippen LogP contribution in [0.2, 0.25) is 0 Å². The summed E-state index contributed by atoms with van der Waals surface area (Å²) in [5.41, 5.74) is 3.44. The van der Waals surface area contributed by atoms with Crippen molar-refractivity contribution in [2.24, 2.45) is 0 Å². The number of fused-ring (bicyclic) bond motifs is 1. The summed E-state index contributed by atoms with van der Waals surface area (Å²) in [7, 11) is 1.83. The van der Waals surface area contributed by atoms with Gasteiger partial charge in [-0.3, -0.25) is 0 Å². The van der Waals surface area contributed by atoms with Crippen LogP contribution in [0.5, 0.6) is 0 Å². The van der Waals surface area contributed by atoms with Gasteiger partial charge in [-0.15, -0.1) is 0 Å². The molecule has 1 heterocycles. The number of para-hydroxylation sites is 1. The summed E-state index contributed by atoms with van der Waals surface area (Å²) >= 11 is 0. The highest BCUT2D eigenvalue weighted by Crippen LogP contribution is 2.22. The minimum atomic E-state index is 0.625. The van der Waals surface area contributed by atoms with Crippen LogP contribution in [-0.2, 0) is 6.54 Å². The van der Waals surface area contributed by atoms with Crippen LogP contribution in [0.15, 0.2) is 48.5 Å². The van der Waals surface area contributed by atoms with Crippen LogP contribution in [0, 0.1) is 6.92 Å². The van der Waals surface area contributed by atoms with E-state index in [-0.39, 0.29) is 0 Å². The van der Waals surface area contributed by atoms with Gasteiger partial charge < -0.3 is 10.6 Å². The second-order valence-electron chi connectivity index (χ2n) is 5.01. The number of benzene rings is 2. The topological polar surface area (TPSA) is 49.8 Å². The van der Waals surface area contributed by atoms with Crippen LogP contribution in [0.3, 0.4) is 0 Å². The molecule has 0 radical (unpaired) electrons. The molecule has 0 spiro atoms. The van der Waals surface area contributed by atoms with Crippen LogP contribution < -0.4 is 10.6 Å². The Labute approximate surface area is 124 Å². The zero-order valence-corrected chi connectivity index (χ0v) is 12.2. The molecule has 0 bridgehead atoms. The fourth-order valence-corrected chi connectivity index (χ4v) is 2.33. The molecule has 4 heteroatoms. The Morgan fingerprint density at radius 3 is 2.67 bits per heavy atom. The number of aryl methyl sites for hydroxylation is 1. The fourth-order valence-electron chi connectivity index (χ4n) is 2.33. The van der Waals surface area contributed by atoms with E-state index in [2.05, 4.69) is 51.8 Å². The molecule has 0 amide bonds. The number of aromatic nitrogens is 2. The Morgan fingerprint density at radius 1 is 1.00 bits per heavy atom. The first-order valence-electron chi connectivity index (χ1n) is 7.00. The monoisotopic (exact) mass is 278 g/mol. The Hall–Kier alpha value is -2.62. The summed E-state index contributed by atoms with van der Waals surface area (Å²) in [6, 6.07) is 16.5. The van der Waals surface area contributed by atoms with E-state index in [1.54, 1.807) is 0 Å². The number of rotatable bonds is 4. The summed E-state index contributed by atoms with van der Waals surface area (Å²) in [6.07, 6.45) is 0. The predicted octanol–water partition coefficient (Wildman–Crippen LogP) is 3.59. The van der Waals surface area contributed by atoms with Crippen molar-refractivity contribution in [3.63, 3.8) is 0 Å². The highest BCUT2D eigenvalue weighted by molar-refractivity contribution is 5.89. The van der Waals surface area contributed by atoms with Gasteiger partial charge in [0.1, 0.15) is 5.82 Å². The molecule has 4 nitrogen and oxygen atoms in total. The minimum absolute atomic E-state index is 0.625. The van der Waals surface area contributed by atoms with Gasteiger partial charge in [-0.1, -0.05) is 42.0 Å². The average Bonchev–Trinajstić information content (AvgIpc) is 2.52. The molecular formula is C17H18N4. The van der Waals surface area contributed by atoms with Crippen molar-refractivity contribution in [2.45, 2.75) is 13.5 Å². The van der Waals surface area contributed by atoms with E-state index < -0.39 is 0 Å². The molecule has 0 aliphatic carbocycles. The zero-order chi connectivity index (χ0) is 14.7. The molecule has 0 aliphatic rings. The fraction of sp³-hybridized carbons (Fsp3) is 0.176. The molecule has 21 heavy (non-hydrogen) atoms. The smallest absolute Gasteiger partial charge is 0.224 e. The molecule has 1 aromatic heterocycles. The highest BCUT2D eigenvalue weighted by atomic mass is 15.1. The first kappa shape index (κ1) is 13.4. The zero-order valence-electron chi connectivity index (χ0n) is 12.2. The van der Waals surface area contributed by atoms with Gasteiger partial charge in [-0.2, -0.15) is 4.98 Å². The molecule has 3 aromatic rings. The van der Waals surface area contributed by atoms with Crippen molar-refractivity contribution < 1.29 is 0 Å². The third-order valence-corrected chi connectivity index (χ3v) is 3.37. The van der Waals surface area contributed by atoms with Gasteiger partial charge in [0, 0.05) is 19.0 Å². The van der Waals surface area contributed by atoms with Crippen molar-refractivity contribution in [3.05, 3.63) is 59.7 Å². The second-order valence-corrected chi connectivity index (χ2v) is 5.01. The summed E-state index contributed by atoms with van der Waals surface area (Å²) in [5, 5.41) is 7.45. The lowest BCUT2D eigenvalue weighted by Gasteiger charge is -2.11. The maximum atomic E-state index is 4.52. The highest BCUT2D eigenvalue weighted by Gasteiger charge is 2.06. The lowest BCUT2D eigenvalue weighted by Crippen LogP contribution is -2.05. The molecule has 0 saturated heterocycles. The summed E-state index contributed by atoms with van der Waals surface area (Å²) in [5.74, 6) is 1.48. The summed E-state index contributed by atoms with van der Waals surface area (Å²) in [6.45, 7) is 2.84. The molecule has 0 fully saturated rings. The number of nitrogens with one attached hydrogen (secondary N) is 2. The lowest BCUT2D eigenvalue weighted by atomic mass is 10.1. The van der Waals surface area contributed by atoms with Crippen molar-refractivity contribution in [3.8, 4) is 0 Å². The Bertz CT molecular complexity index is 768. The van der Waals surface area contributed by atoms with Gasteiger partial charge in [-0.05, 0) is 24.6 Å².